The fraction of sp³-hybridized carbons (Fsp3) is 1.00. The highest BCUT2D eigenvalue weighted by atomic mass is 16.6. The molecule has 2 N–H and O–H groups in total. The first-order valence-electron chi connectivity index (χ1n) is 1.02. The van der Waals surface area contributed by atoms with Crippen molar-refractivity contribution in [2.45, 2.75) is 0 Å². The maximum Gasteiger partial charge on any atom is 0.199 e. The van der Waals surface area contributed by atoms with Gasteiger partial charge in [-0.1, -0.05) is 0 Å². The van der Waals surface area contributed by atoms with Gasteiger partial charge in [-0.15, -0.1) is 4.91 Å². The monoisotopic (exact) mass is 76.0 g/mol. The molecule has 0 rings (SSSR count). The van der Waals surface area contributed by atoms with Gasteiger partial charge in [0, 0.05) is 0 Å². The lowest BCUT2D eigenvalue weighted by Gasteiger charge is -1.74. The van der Waals surface area contributed by atoms with Crippen molar-refractivity contribution in [3.05, 3.63) is 4.91 Å². The zero-order chi connectivity index (χ0) is 4.12. The Bertz CT molecular complexity index is 28.8. The Kier molecular flexibility index (Phi) is 3.18. The van der Waals surface area contributed by atoms with Crippen LogP contribution in [0.5, 0.6) is 0 Å². The summed E-state index contributed by atoms with van der Waals surface area (Å²) in [6, 6.07) is 0. The summed E-state index contributed by atoms with van der Waals surface area (Å²) in [7, 11) is 0. The lowest BCUT2D eigenvalue weighted by atomic mass is 11.4. The van der Waals surface area contributed by atoms with Crippen LogP contribution in [0.4, 0.5) is 0 Å². The lowest BCUT2D eigenvalue weighted by molar-refractivity contribution is 0.145. The van der Waals surface area contributed by atoms with Crippen LogP contribution in [0, 0.1) is 4.91 Å². The van der Waals surface area contributed by atoms with Crippen LogP contribution in [-0.2, 0) is 4.84 Å². The van der Waals surface area contributed by atoms with Crippen LogP contribution in [0.1, 0.15) is 0 Å². The average molecular weight is 76.1 g/mol. The minimum Gasteiger partial charge on any atom is -0.277 e. The number of nitrogens with two attached hydrogens (primary N) is 1. The molecule has 4 nitrogen and oxygen atoms in total. The second kappa shape index (κ2) is 3.52. The van der Waals surface area contributed by atoms with Crippen LogP contribution in [0.2, 0.25) is 0 Å². The summed E-state index contributed by atoms with van der Waals surface area (Å²) in [5.41, 5.74) is 0. The molecule has 0 fully saturated rings. The fourth-order valence-corrected chi connectivity index (χ4v) is 0.0304. The summed E-state index contributed by atoms with van der Waals surface area (Å²) < 4.78 is 0. The van der Waals surface area contributed by atoms with Crippen molar-refractivity contribution in [3.8, 4) is 0 Å². The summed E-state index contributed by atoms with van der Waals surface area (Å²) in [6.07, 6.45) is 0. The van der Waals surface area contributed by atoms with E-state index in [0.717, 1.165) is 0 Å². The third-order valence-electron chi connectivity index (χ3n) is 0.127. The van der Waals surface area contributed by atoms with Crippen LogP contribution >= 0.6 is 0 Å². The van der Waals surface area contributed by atoms with Gasteiger partial charge in [-0.2, -0.15) is 0 Å². The van der Waals surface area contributed by atoms with Crippen molar-refractivity contribution in [2.24, 2.45) is 11.1 Å². The Morgan fingerprint density at radius 1 is 2.00 bits per heavy atom. The van der Waals surface area contributed by atoms with E-state index >= 15 is 0 Å². The van der Waals surface area contributed by atoms with Gasteiger partial charge in [-0.05, 0) is 5.18 Å². The molecule has 0 saturated heterocycles. The quantitative estimate of drug-likeness (QED) is 0.359. The third kappa shape index (κ3) is 3.52. The summed E-state index contributed by atoms with van der Waals surface area (Å²) in [6.45, 7) is -0.264. The number of hydrogen-bond acceptors (Lipinski definition) is 4. The Labute approximate surface area is 28.8 Å². The molecule has 4 heteroatoms. The standard InChI is InChI=1S/CH4N2O2/c2-5-1-3-4/h1-2H2. The molecule has 0 amide bonds. The number of hydrogen-bond donors (Lipinski definition) is 1. The zero-order valence-electron chi connectivity index (χ0n) is 2.55. The SMILES string of the molecule is NOCN=O. The first kappa shape index (κ1) is 4.52. The van der Waals surface area contributed by atoms with Gasteiger partial charge in [0.15, 0.2) is 6.73 Å². The number of nitrogens with zero attached hydrogens (tertiary/aromatic N) is 1. The highest BCUT2D eigenvalue weighted by Gasteiger charge is 1.64. The molecule has 5 heavy (non-hydrogen) atoms. The molecule has 0 aromatic rings. The molecule has 0 aromatic carbocycles. The first-order valence-corrected chi connectivity index (χ1v) is 1.02. The van der Waals surface area contributed by atoms with Gasteiger partial charge in [0.05, 0.1) is 0 Å². The molecule has 30 valence electrons. The van der Waals surface area contributed by atoms with Crippen molar-refractivity contribution in [2.75, 3.05) is 6.73 Å². The van der Waals surface area contributed by atoms with Gasteiger partial charge >= 0.3 is 0 Å². The van der Waals surface area contributed by atoms with E-state index in [2.05, 4.69) is 15.9 Å². The minimum atomic E-state index is -0.264. The van der Waals surface area contributed by atoms with Crippen molar-refractivity contribution >= 4 is 0 Å². The second-order valence-electron chi connectivity index (χ2n) is 0.425. The molecule has 0 aliphatic heterocycles. The van der Waals surface area contributed by atoms with Crippen molar-refractivity contribution < 1.29 is 4.84 Å². The van der Waals surface area contributed by atoms with Gasteiger partial charge in [0.25, 0.3) is 0 Å². The average Bonchev–Trinajstić information content (AvgIpc) is 1.41. The smallest absolute Gasteiger partial charge is 0.199 e. The molecule has 0 atom stereocenters. The fourth-order valence-electron chi connectivity index (χ4n) is 0.0304. The van der Waals surface area contributed by atoms with Crippen molar-refractivity contribution in [1.29, 1.82) is 0 Å². The molecular formula is CH4N2O2. The summed E-state index contributed by atoms with van der Waals surface area (Å²) in [4.78, 5) is 12.7. The Balaban J connectivity index is 2.40. The Morgan fingerprint density at radius 2 is 2.60 bits per heavy atom. The van der Waals surface area contributed by atoms with Gasteiger partial charge < -0.3 is 0 Å². The third-order valence-corrected chi connectivity index (χ3v) is 0.127. The zero-order valence-corrected chi connectivity index (χ0v) is 2.55. The highest BCUT2D eigenvalue weighted by Crippen LogP contribution is 1.56. The van der Waals surface area contributed by atoms with Crippen LogP contribution < -0.4 is 5.90 Å². The number of rotatable bonds is 2. The van der Waals surface area contributed by atoms with Crippen molar-refractivity contribution in [3.63, 3.8) is 0 Å². The lowest BCUT2D eigenvalue weighted by Crippen LogP contribution is -1.95. The van der Waals surface area contributed by atoms with Gasteiger partial charge in [-0.3, -0.25) is 4.84 Å². The molecule has 0 bridgehead atoms. The highest BCUT2D eigenvalue weighted by molar-refractivity contribution is 4.12. The maximum atomic E-state index is 8.95. The van der Waals surface area contributed by atoms with E-state index in [4.69, 9.17) is 4.91 Å². The maximum absolute atomic E-state index is 8.95. The Hall–Kier alpha value is -0.480. The predicted octanol–water partition coefficient (Wildman–Crippen LogP) is -0.399. The summed E-state index contributed by atoms with van der Waals surface area (Å²) in [5, 5.41) is 2.26. The normalized spacial score (nSPS) is 7.40. The van der Waals surface area contributed by atoms with E-state index in [1.807, 2.05) is 0 Å². The second-order valence-corrected chi connectivity index (χ2v) is 0.425. The van der Waals surface area contributed by atoms with E-state index in [0.29, 0.717) is 0 Å². The van der Waals surface area contributed by atoms with Crippen LogP contribution in [0.25, 0.3) is 0 Å². The molecule has 0 aliphatic carbocycles. The van der Waals surface area contributed by atoms with E-state index in [1.165, 1.54) is 0 Å². The van der Waals surface area contributed by atoms with Gasteiger partial charge in [0.1, 0.15) is 0 Å². The number of nitroso groups, excluding NO2 is 1. The van der Waals surface area contributed by atoms with E-state index in [9.17, 15) is 0 Å². The van der Waals surface area contributed by atoms with E-state index in [1.54, 1.807) is 0 Å². The van der Waals surface area contributed by atoms with Crippen LogP contribution in [-0.4, -0.2) is 6.73 Å². The Morgan fingerprint density at radius 3 is 2.60 bits per heavy atom. The van der Waals surface area contributed by atoms with Crippen LogP contribution in [0.3, 0.4) is 0 Å². The molecule has 0 heterocycles. The molecule has 0 aromatic heterocycles. The largest absolute Gasteiger partial charge is 0.277 e. The molecule has 0 unspecified atom stereocenters. The van der Waals surface area contributed by atoms with E-state index < -0.39 is 0 Å². The van der Waals surface area contributed by atoms with E-state index in [-0.39, 0.29) is 6.73 Å². The van der Waals surface area contributed by atoms with Crippen molar-refractivity contribution in [1.82, 2.24) is 0 Å². The molecule has 0 radical (unpaired) electrons. The molecule has 0 aliphatic rings. The molecular weight excluding hydrogens is 72.0 g/mol. The summed E-state index contributed by atoms with van der Waals surface area (Å²) in [5.74, 6) is 4.35. The topological polar surface area (TPSA) is 64.7 Å². The molecule has 0 saturated carbocycles. The predicted molar refractivity (Wildman–Crippen MR) is 15.9 cm³/mol. The van der Waals surface area contributed by atoms with Gasteiger partial charge in [0.2, 0.25) is 0 Å². The first-order chi connectivity index (χ1) is 2.41. The summed E-state index contributed by atoms with van der Waals surface area (Å²) >= 11 is 0. The molecule has 0 spiro atoms. The van der Waals surface area contributed by atoms with Crippen LogP contribution in [0.15, 0.2) is 5.18 Å². The van der Waals surface area contributed by atoms with Gasteiger partial charge in [-0.25, -0.2) is 5.90 Å². The minimum absolute atomic E-state index is 0.264.